The van der Waals surface area contributed by atoms with Crippen molar-refractivity contribution in [3.05, 3.63) is 22.4 Å². The summed E-state index contributed by atoms with van der Waals surface area (Å²) in [6.07, 6.45) is 3.06. The van der Waals surface area contributed by atoms with E-state index in [4.69, 9.17) is 4.42 Å². The largest absolute Gasteiger partial charge is 0.420 e. The van der Waals surface area contributed by atoms with Gasteiger partial charge in [-0.1, -0.05) is 6.92 Å². The predicted octanol–water partition coefficient (Wildman–Crippen LogP) is 3.13. The topological polar surface area (TPSA) is 51.0 Å². The molecule has 0 amide bonds. The number of thioether (sulfide) groups is 1. The van der Waals surface area contributed by atoms with Crippen molar-refractivity contribution < 1.29 is 4.42 Å². The van der Waals surface area contributed by atoms with Crippen molar-refractivity contribution >= 4 is 23.1 Å². The Morgan fingerprint density at radius 2 is 2.35 bits per heavy atom. The molecule has 2 aromatic rings. The number of nitrogens with zero attached hydrogens (tertiary/aromatic N) is 2. The maximum absolute atomic E-state index is 5.78. The van der Waals surface area contributed by atoms with Crippen LogP contribution in [0.25, 0.3) is 10.8 Å². The first-order chi connectivity index (χ1) is 9.86. The summed E-state index contributed by atoms with van der Waals surface area (Å²) in [5, 5.41) is 11.6. The lowest BCUT2D eigenvalue weighted by Crippen LogP contribution is -2.14. The SMILES string of the molecule is CCNCCCc1nnc(-c2cc3c(s2)CCSC3)o1. The van der Waals surface area contributed by atoms with Crippen LogP contribution in [0.1, 0.15) is 29.7 Å². The van der Waals surface area contributed by atoms with Crippen LogP contribution in [0.4, 0.5) is 0 Å². The van der Waals surface area contributed by atoms with Gasteiger partial charge < -0.3 is 9.73 Å². The van der Waals surface area contributed by atoms with E-state index in [1.165, 1.54) is 22.6 Å². The fraction of sp³-hybridized carbons (Fsp3) is 0.571. The van der Waals surface area contributed by atoms with Gasteiger partial charge in [-0.3, -0.25) is 0 Å². The summed E-state index contributed by atoms with van der Waals surface area (Å²) in [6, 6.07) is 2.22. The Morgan fingerprint density at radius 3 is 3.20 bits per heavy atom. The zero-order valence-corrected chi connectivity index (χ0v) is 13.3. The van der Waals surface area contributed by atoms with Gasteiger partial charge in [-0.2, -0.15) is 11.8 Å². The summed E-state index contributed by atoms with van der Waals surface area (Å²) in [7, 11) is 0. The minimum Gasteiger partial charge on any atom is -0.420 e. The van der Waals surface area contributed by atoms with Gasteiger partial charge in [-0.05, 0) is 43.3 Å². The molecular formula is C14H19N3OS2. The Morgan fingerprint density at radius 1 is 1.40 bits per heavy atom. The van der Waals surface area contributed by atoms with E-state index < -0.39 is 0 Å². The molecule has 20 heavy (non-hydrogen) atoms. The molecule has 0 fully saturated rings. The van der Waals surface area contributed by atoms with Crippen molar-refractivity contribution in [2.24, 2.45) is 0 Å². The van der Waals surface area contributed by atoms with E-state index in [9.17, 15) is 0 Å². The normalized spacial score (nSPS) is 14.4. The van der Waals surface area contributed by atoms with E-state index in [0.717, 1.165) is 42.5 Å². The Bertz CT molecular complexity index is 541. The Kier molecular flexibility index (Phi) is 4.75. The number of thiophene rings is 1. The first-order valence-corrected chi connectivity index (χ1v) is 9.06. The zero-order chi connectivity index (χ0) is 13.8. The average molecular weight is 309 g/mol. The van der Waals surface area contributed by atoms with Crippen molar-refractivity contribution in [1.29, 1.82) is 0 Å². The monoisotopic (exact) mass is 309 g/mol. The van der Waals surface area contributed by atoms with Gasteiger partial charge in [-0.25, -0.2) is 0 Å². The fourth-order valence-electron chi connectivity index (χ4n) is 2.25. The van der Waals surface area contributed by atoms with Gasteiger partial charge in [0.15, 0.2) is 0 Å². The number of hydrogen-bond donors (Lipinski definition) is 1. The van der Waals surface area contributed by atoms with Crippen molar-refractivity contribution in [1.82, 2.24) is 15.5 Å². The van der Waals surface area contributed by atoms with E-state index in [1.807, 2.05) is 23.1 Å². The van der Waals surface area contributed by atoms with Gasteiger partial charge in [0.1, 0.15) is 0 Å². The van der Waals surface area contributed by atoms with Gasteiger partial charge in [0.25, 0.3) is 5.89 Å². The highest BCUT2D eigenvalue weighted by molar-refractivity contribution is 7.98. The van der Waals surface area contributed by atoms with Crippen LogP contribution in [0.15, 0.2) is 10.5 Å². The van der Waals surface area contributed by atoms with Crippen molar-refractivity contribution in [3.8, 4) is 10.8 Å². The molecule has 3 heterocycles. The van der Waals surface area contributed by atoms with Crippen molar-refractivity contribution in [2.75, 3.05) is 18.8 Å². The fourth-order valence-corrected chi connectivity index (χ4v) is 4.54. The van der Waals surface area contributed by atoms with Gasteiger partial charge in [0, 0.05) is 17.1 Å². The zero-order valence-electron chi connectivity index (χ0n) is 11.6. The standard InChI is InChI=1S/C14H19N3OS2/c1-2-15-6-3-4-13-16-17-14(18-13)12-8-10-9-19-7-5-11(10)20-12/h8,15H,2-7,9H2,1H3. The molecule has 2 aromatic heterocycles. The molecule has 1 aliphatic rings. The molecule has 1 N–H and O–H groups in total. The molecule has 0 atom stereocenters. The predicted molar refractivity (Wildman–Crippen MR) is 84.3 cm³/mol. The van der Waals surface area contributed by atoms with E-state index in [1.54, 1.807) is 0 Å². The third-order valence-corrected chi connectivity index (χ3v) is 5.53. The first kappa shape index (κ1) is 14.1. The molecule has 1 aliphatic heterocycles. The average Bonchev–Trinajstić information content (AvgIpc) is 3.09. The molecule has 0 radical (unpaired) electrons. The Balaban J connectivity index is 1.65. The second-order valence-electron chi connectivity index (χ2n) is 4.82. The number of fused-ring (bicyclic) bond motifs is 1. The summed E-state index contributed by atoms with van der Waals surface area (Å²) >= 11 is 3.81. The maximum atomic E-state index is 5.78. The third kappa shape index (κ3) is 3.24. The Labute approximate surface area is 127 Å². The second-order valence-corrected chi connectivity index (χ2v) is 7.06. The van der Waals surface area contributed by atoms with Crippen LogP contribution in [0.2, 0.25) is 0 Å². The molecule has 0 saturated carbocycles. The summed E-state index contributed by atoms with van der Waals surface area (Å²) < 4.78 is 5.78. The highest BCUT2D eigenvalue weighted by Gasteiger charge is 2.17. The molecule has 0 bridgehead atoms. The van der Waals surface area contributed by atoms with Gasteiger partial charge >= 0.3 is 0 Å². The third-order valence-electron chi connectivity index (χ3n) is 3.30. The molecule has 0 unspecified atom stereocenters. The van der Waals surface area contributed by atoms with Crippen LogP contribution in [0, 0.1) is 0 Å². The maximum Gasteiger partial charge on any atom is 0.257 e. The smallest absolute Gasteiger partial charge is 0.257 e. The highest BCUT2D eigenvalue weighted by atomic mass is 32.2. The molecule has 0 aliphatic carbocycles. The molecule has 4 nitrogen and oxygen atoms in total. The highest BCUT2D eigenvalue weighted by Crippen LogP contribution is 2.36. The lowest BCUT2D eigenvalue weighted by molar-refractivity contribution is 0.493. The number of aromatic nitrogens is 2. The van der Waals surface area contributed by atoms with Crippen LogP contribution in [-0.2, 0) is 18.6 Å². The molecule has 3 rings (SSSR count). The van der Waals surface area contributed by atoms with E-state index in [0.29, 0.717) is 5.89 Å². The minimum absolute atomic E-state index is 0.688. The molecule has 108 valence electrons. The molecule has 0 saturated heterocycles. The molecule has 0 spiro atoms. The van der Waals surface area contributed by atoms with Crippen LogP contribution < -0.4 is 5.32 Å². The van der Waals surface area contributed by atoms with Gasteiger partial charge in [0.2, 0.25) is 5.89 Å². The van der Waals surface area contributed by atoms with Crippen molar-refractivity contribution in [2.45, 2.75) is 31.9 Å². The summed E-state index contributed by atoms with van der Waals surface area (Å²) in [5.74, 6) is 3.79. The first-order valence-electron chi connectivity index (χ1n) is 7.09. The van der Waals surface area contributed by atoms with E-state index in [-0.39, 0.29) is 0 Å². The summed E-state index contributed by atoms with van der Waals surface area (Å²) in [4.78, 5) is 2.62. The quantitative estimate of drug-likeness (QED) is 0.831. The van der Waals surface area contributed by atoms with Crippen LogP contribution in [-0.4, -0.2) is 29.0 Å². The molecule has 6 heteroatoms. The summed E-state index contributed by atoms with van der Waals surface area (Å²) in [5.41, 5.74) is 1.45. The van der Waals surface area contributed by atoms with Crippen LogP contribution in [0.3, 0.4) is 0 Å². The molecule has 0 aromatic carbocycles. The number of hydrogen-bond acceptors (Lipinski definition) is 6. The van der Waals surface area contributed by atoms with Gasteiger partial charge in [0.05, 0.1) is 4.88 Å². The summed E-state index contributed by atoms with van der Waals surface area (Å²) in [6.45, 7) is 4.12. The second kappa shape index (κ2) is 6.74. The number of nitrogens with one attached hydrogen (secondary N) is 1. The van der Waals surface area contributed by atoms with E-state index in [2.05, 4.69) is 28.5 Å². The number of aryl methyl sites for hydroxylation is 2. The van der Waals surface area contributed by atoms with Crippen LogP contribution in [0.5, 0.6) is 0 Å². The van der Waals surface area contributed by atoms with E-state index >= 15 is 0 Å². The minimum atomic E-state index is 0.688. The lowest BCUT2D eigenvalue weighted by Gasteiger charge is -2.08. The Hall–Kier alpha value is -0.850. The van der Waals surface area contributed by atoms with Gasteiger partial charge in [-0.15, -0.1) is 21.5 Å². The van der Waals surface area contributed by atoms with Crippen LogP contribution >= 0.6 is 23.1 Å². The lowest BCUT2D eigenvalue weighted by atomic mass is 10.2. The van der Waals surface area contributed by atoms with Crippen molar-refractivity contribution in [3.63, 3.8) is 0 Å². The molecular weight excluding hydrogens is 290 g/mol. The number of rotatable bonds is 6.